The van der Waals surface area contributed by atoms with Crippen LogP contribution in [-0.2, 0) is 7.05 Å². The molecule has 0 spiro atoms. The summed E-state index contributed by atoms with van der Waals surface area (Å²) in [4.78, 5) is 8.90. The van der Waals surface area contributed by atoms with E-state index in [1.54, 1.807) is 11.8 Å². The lowest BCUT2D eigenvalue weighted by molar-refractivity contribution is 0.785. The minimum Gasteiger partial charge on any atom is -0.321 e. The smallest absolute Gasteiger partial charge is 0.168 e. The van der Waals surface area contributed by atoms with E-state index in [-0.39, 0.29) is 0 Å². The molecule has 1 heterocycles. The van der Waals surface area contributed by atoms with Crippen LogP contribution in [0, 0.1) is 13.8 Å². The van der Waals surface area contributed by atoms with E-state index in [9.17, 15) is 0 Å². The van der Waals surface area contributed by atoms with Gasteiger partial charge in [0, 0.05) is 7.05 Å². The number of benzene rings is 1. The second kappa shape index (κ2) is 6.06. The van der Waals surface area contributed by atoms with E-state index >= 15 is 0 Å². The first-order chi connectivity index (χ1) is 9.11. The third-order valence-corrected chi connectivity index (χ3v) is 4.02. The molecule has 0 saturated heterocycles. The maximum atomic E-state index is 4.52. The molecule has 2 aromatic rings. The van der Waals surface area contributed by atoms with Crippen molar-refractivity contribution < 1.29 is 0 Å². The molecule has 4 heteroatoms. The summed E-state index contributed by atoms with van der Waals surface area (Å²) in [5.74, 6) is 1.03. The average molecular weight is 273 g/mol. The number of aliphatic imine (C=N–C) groups is 1. The van der Waals surface area contributed by atoms with E-state index < -0.39 is 0 Å². The van der Waals surface area contributed by atoms with Gasteiger partial charge in [0.05, 0.1) is 23.8 Å². The van der Waals surface area contributed by atoms with Crippen LogP contribution in [0.15, 0.2) is 34.5 Å². The van der Waals surface area contributed by atoms with Gasteiger partial charge in [0.2, 0.25) is 0 Å². The van der Waals surface area contributed by atoms with E-state index in [1.165, 1.54) is 11.1 Å². The van der Waals surface area contributed by atoms with Crippen LogP contribution >= 0.6 is 11.8 Å². The summed E-state index contributed by atoms with van der Waals surface area (Å²) in [7, 11) is 2.02. The highest BCUT2D eigenvalue weighted by atomic mass is 32.2. The second-order valence-electron chi connectivity index (χ2n) is 4.48. The van der Waals surface area contributed by atoms with Crippen LogP contribution in [0.2, 0.25) is 0 Å². The van der Waals surface area contributed by atoms with Crippen LogP contribution in [0.1, 0.15) is 23.7 Å². The largest absolute Gasteiger partial charge is 0.321 e. The summed E-state index contributed by atoms with van der Waals surface area (Å²) in [6.07, 6.45) is 3.74. The van der Waals surface area contributed by atoms with Gasteiger partial charge in [-0.2, -0.15) is 0 Å². The minimum absolute atomic E-state index is 0.981. The van der Waals surface area contributed by atoms with Gasteiger partial charge < -0.3 is 4.57 Å². The molecular formula is C15H19N3S. The summed E-state index contributed by atoms with van der Waals surface area (Å²) in [6.45, 7) is 6.34. The van der Waals surface area contributed by atoms with Gasteiger partial charge >= 0.3 is 0 Å². The zero-order valence-corrected chi connectivity index (χ0v) is 12.7. The van der Waals surface area contributed by atoms with Gasteiger partial charge in [-0.05, 0) is 42.9 Å². The Morgan fingerprint density at radius 3 is 2.79 bits per heavy atom. The monoisotopic (exact) mass is 273 g/mol. The summed E-state index contributed by atoms with van der Waals surface area (Å²) in [5.41, 5.74) is 4.56. The van der Waals surface area contributed by atoms with Crippen LogP contribution in [0.3, 0.4) is 0 Å². The fourth-order valence-corrected chi connectivity index (χ4v) is 2.42. The SMILES string of the molecule is CCSc1ncc(C=Nc2ccc(C)c(C)c2)n1C. The Labute approximate surface area is 118 Å². The highest BCUT2D eigenvalue weighted by molar-refractivity contribution is 7.99. The van der Waals surface area contributed by atoms with E-state index in [1.807, 2.05) is 25.5 Å². The number of hydrogen-bond acceptors (Lipinski definition) is 3. The van der Waals surface area contributed by atoms with Crippen molar-refractivity contribution in [3.8, 4) is 0 Å². The van der Waals surface area contributed by atoms with Crippen LogP contribution in [0.25, 0.3) is 0 Å². The molecule has 0 fully saturated rings. The van der Waals surface area contributed by atoms with Gasteiger partial charge in [-0.3, -0.25) is 4.99 Å². The topological polar surface area (TPSA) is 30.2 Å². The Hall–Kier alpha value is -1.55. The summed E-state index contributed by atoms with van der Waals surface area (Å²) < 4.78 is 2.07. The summed E-state index contributed by atoms with van der Waals surface area (Å²) >= 11 is 1.74. The standard InChI is InChI=1S/C15H19N3S/c1-5-19-15-17-10-14(18(15)4)9-16-13-7-6-11(2)12(3)8-13/h6-10H,5H2,1-4H3. The Bertz CT molecular complexity index is 599. The van der Waals surface area contributed by atoms with Crippen molar-refractivity contribution in [2.24, 2.45) is 12.0 Å². The lowest BCUT2D eigenvalue weighted by atomic mass is 10.1. The lowest BCUT2D eigenvalue weighted by Crippen LogP contribution is -1.96. The zero-order chi connectivity index (χ0) is 13.8. The van der Waals surface area contributed by atoms with Crippen molar-refractivity contribution in [1.82, 2.24) is 9.55 Å². The number of hydrogen-bond donors (Lipinski definition) is 0. The van der Waals surface area contributed by atoms with Crippen LogP contribution in [-0.4, -0.2) is 21.5 Å². The van der Waals surface area contributed by atoms with Crippen molar-refractivity contribution in [2.45, 2.75) is 25.9 Å². The molecule has 0 atom stereocenters. The third kappa shape index (κ3) is 3.26. The molecule has 0 amide bonds. The van der Waals surface area contributed by atoms with Crippen molar-refractivity contribution in [3.05, 3.63) is 41.2 Å². The first-order valence-electron chi connectivity index (χ1n) is 6.37. The number of imidazole rings is 1. The molecule has 0 saturated carbocycles. The molecule has 1 aromatic carbocycles. The summed E-state index contributed by atoms with van der Waals surface area (Å²) in [5, 5.41) is 1.03. The molecule has 0 radical (unpaired) electrons. The molecule has 0 unspecified atom stereocenters. The fraction of sp³-hybridized carbons (Fsp3) is 0.333. The Kier molecular flexibility index (Phi) is 4.43. The highest BCUT2D eigenvalue weighted by Crippen LogP contribution is 2.18. The van der Waals surface area contributed by atoms with Gasteiger partial charge in [0.1, 0.15) is 0 Å². The number of aromatic nitrogens is 2. The number of nitrogens with zero attached hydrogens (tertiary/aromatic N) is 3. The van der Waals surface area contributed by atoms with Gasteiger partial charge in [-0.25, -0.2) is 4.98 Å². The van der Waals surface area contributed by atoms with E-state index in [4.69, 9.17) is 0 Å². The molecule has 19 heavy (non-hydrogen) atoms. The quantitative estimate of drug-likeness (QED) is 0.624. The second-order valence-corrected chi connectivity index (χ2v) is 5.72. The van der Waals surface area contributed by atoms with Crippen molar-refractivity contribution >= 4 is 23.7 Å². The van der Waals surface area contributed by atoms with Crippen molar-refractivity contribution in [3.63, 3.8) is 0 Å². The first kappa shape index (κ1) is 13.9. The highest BCUT2D eigenvalue weighted by Gasteiger charge is 2.03. The van der Waals surface area contributed by atoms with E-state index in [0.717, 1.165) is 22.3 Å². The van der Waals surface area contributed by atoms with Gasteiger partial charge in [-0.1, -0.05) is 24.8 Å². The van der Waals surface area contributed by atoms with E-state index in [0.29, 0.717) is 0 Å². The normalized spacial score (nSPS) is 11.4. The molecule has 0 bridgehead atoms. The molecule has 2 rings (SSSR count). The molecular weight excluding hydrogens is 254 g/mol. The molecule has 0 N–H and O–H groups in total. The van der Waals surface area contributed by atoms with Gasteiger partial charge in [0.25, 0.3) is 0 Å². The fourth-order valence-electron chi connectivity index (χ4n) is 1.73. The lowest BCUT2D eigenvalue weighted by Gasteiger charge is -2.02. The average Bonchev–Trinajstić information content (AvgIpc) is 2.73. The first-order valence-corrected chi connectivity index (χ1v) is 7.36. The number of aryl methyl sites for hydroxylation is 2. The van der Waals surface area contributed by atoms with Crippen LogP contribution in [0.5, 0.6) is 0 Å². The summed E-state index contributed by atoms with van der Waals surface area (Å²) in [6, 6.07) is 6.24. The number of rotatable bonds is 4. The van der Waals surface area contributed by atoms with Crippen molar-refractivity contribution in [2.75, 3.05) is 5.75 Å². The molecule has 0 aliphatic heterocycles. The predicted molar refractivity (Wildman–Crippen MR) is 82.8 cm³/mol. The number of thioether (sulfide) groups is 1. The molecule has 1 aromatic heterocycles. The Balaban J connectivity index is 2.20. The maximum absolute atomic E-state index is 4.52. The molecule has 3 nitrogen and oxygen atoms in total. The Morgan fingerprint density at radius 1 is 1.32 bits per heavy atom. The predicted octanol–water partition coefficient (Wildman–Crippen LogP) is 3.90. The van der Waals surface area contributed by atoms with Crippen LogP contribution < -0.4 is 0 Å². The molecule has 0 aliphatic carbocycles. The van der Waals surface area contributed by atoms with E-state index in [2.05, 4.69) is 47.4 Å². The molecule has 100 valence electrons. The van der Waals surface area contributed by atoms with Crippen molar-refractivity contribution in [1.29, 1.82) is 0 Å². The minimum atomic E-state index is 0.981. The Morgan fingerprint density at radius 2 is 2.11 bits per heavy atom. The molecule has 0 aliphatic rings. The zero-order valence-electron chi connectivity index (χ0n) is 11.8. The van der Waals surface area contributed by atoms with Crippen LogP contribution in [0.4, 0.5) is 5.69 Å². The third-order valence-electron chi connectivity index (χ3n) is 3.09. The van der Waals surface area contributed by atoms with Gasteiger partial charge in [-0.15, -0.1) is 0 Å². The van der Waals surface area contributed by atoms with Gasteiger partial charge in [0.15, 0.2) is 5.16 Å². The maximum Gasteiger partial charge on any atom is 0.168 e.